The summed E-state index contributed by atoms with van der Waals surface area (Å²) in [4.78, 5) is 4.98. The van der Waals surface area contributed by atoms with E-state index in [1.165, 1.54) is 11.8 Å². The van der Waals surface area contributed by atoms with Crippen LogP contribution in [0.5, 0.6) is 0 Å². The van der Waals surface area contributed by atoms with Crippen molar-refractivity contribution in [1.29, 1.82) is 0 Å². The second kappa shape index (κ2) is 9.73. The third-order valence-corrected chi connectivity index (χ3v) is 5.46. The minimum Gasteiger partial charge on any atom is -0.377 e. The summed E-state index contributed by atoms with van der Waals surface area (Å²) in [5, 5.41) is 6.59. The third kappa shape index (κ3) is 6.46. The molecule has 26 heavy (non-hydrogen) atoms. The second-order valence-electron chi connectivity index (χ2n) is 6.43. The van der Waals surface area contributed by atoms with Crippen molar-refractivity contribution >= 4 is 15.8 Å². The minimum atomic E-state index is -3.19. The first-order valence-electron chi connectivity index (χ1n) is 8.97. The van der Waals surface area contributed by atoms with Crippen LogP contribution in [-0.4, -0.2) is 46.9 Å². The maximum Gasteiger partial charge on any atom is 0.191 e. The van der Waals surface area contributed by atoms with Crippen molar-refractivity contribution in [2.75, 3.05) is 32.6 Å². The lowest BCUT2D eigenvalue weighted by molar-refractivity contribution is 0.153. The number of rotatable bonds is 7. The molecule has 0 amide bonds. The van der Waals surface area contributed by atoms with Gasteiger partial charge in [-0.1, -0.05) is 23.8 Å². The number of nitrogens with zero attached hydrogens (tertiary/aromatic N) is 1. The molecule has 2 N–H and O–H groups in total. The largest absolute Gasteiger partial charge is 0.377 e. The first kappa shape index (κ1) is 20.5. The van der Waals surface area contributed by atoms with Crippen molar-refractivity contribution in [3.63, 3.8) is 0 Å². The van der Waals surface area contributed by atoms with Crippen LogP contribution in [0.3, 0.4) is 0 Å². The molecule has 1 heterocycles. The first-order valence-corrected chi connectivity index (χ1v) is 10.9. The lowest BCUT2D eigenvalue weighted by Crippen LogP contribution is -2.38. The Morgan fingerprint density at radius 1 is 1.31 bits per heavy atom. The predicted molar refractivity (Wildman–Crippen MR) is 105 cm³/mol. The molecule has 0 fully saturated rings. The van der Waals surface area contributed by atoms with E-state index in [9.17, 15) is 8.42 Å². The van der Waals surface area contributed by atoms with Crippen LogP contribution in [0.25, 0.3) is 0 Å². The summed E-state index contributed by atoms with van der Waals surface area (Å²) in [6.45, 7) is 7.47. The quantitative estimate of drug-likeness (QED) is 0.431. The molecule has 0 saturated carbocycles. The van der Waals surface area contributed by atoms with Crippen molar-refractivity contribution in [1.82, 2.24) is 10.6 Å². The van der Waals surface area contributed by atoms with Crippen molar-refractivity contribution in [2.45, 2.75) is 38.1 Å². The highest BCUT2D eigenvalue weighted by atomic mass is 32.2. The average molecular weight is 380 g/mol. The van der Waals surface area contributed by atoms with Crippen molar-refractivity contribution < 1.29 is 13.2 Å². The zero-order valence-corrected chi connectivity index (χ0v) is 16.7. The Morgan fingerprint density at radius 2 is 2.12 bits per heavy atom. The lowest BCUT2D eigenvalue weighted by atomic mass is 10.1. The molecule has 1 aromatic carbocycles. The molecule has 2 rings (SSSR count). The normalized spacial score (nSPS) is 15.5. The van der Waals surface area contributed by atoms with Gasteiger partial charge in [0, 0.05) is 19.3 Å². The van der Waals surface area contributed by atoms with Gasteiger partial charge in [0.2, 0.25) is 0 Å². The Bertz CT molecular complexity index is 770. The van der Waals surface area contributed by atoms with E-state index < -0.39 is 9.84 Å². The van der Waals surface area contributed by atoms with Gasteiger partial charge >= 0.3 is 0 Å². The molecule has 7 heteroatoms. The van der Waals surface area contributed by atoms with Gasteiger partial charge in [0.05, 0.1) is 24.7 Å². The number of aryl methyl sites for hydroxylation is 1. The second-order valence-corrected chi connectivity index (χ2v) is 8.42. The van der Waals surface area contributed by atoms with Crippen LogP contribution in [0.15, 0.2) is 39.7 Å². The molecular formula is C19H29N3O3S. The molecule has 0 spiro atoms. The SMILES string of the molecule is CCNC(=NCc1ccc(S(C)(=O)=O)c(C)c1)NCCC1=CCOCC1. The van der Waals surface area contributed by atoms with Crippen molar-refractivity contribution in [3.8, 4) is 0 Å². The Balaban J connectivity index is 1.95. The minimum absolute atomic E-state index is 0.375. The van der Waals surface area contributed by atoms with Gasteiger partial charge in [0.1, 0.15) is 0 Å². The molecule has 0 aliphatic carbocycles. The maximum atomic E-state index is 11.7. The number of ether oxygens (including phenoxy) is 1. The Kier molecular flexibility index (Phi) is 7.66. The summed E-state index contributed by atoms with van der Waals surface area (Å²) in [5.41, 5.74) is 3.16. The Hall–Kier alpha value is -1.86. The molecule has 144 valence electrons. The summed E-state index contributed by atoms with van der Waals surface area (Å²) in [6, 6.07) is 5.37. The molecule has 1 aliphatic rings. The Labute approximate surface area is 156 Å². The van der Waals surface area contributed by atoms with Gasteiger partial charge in [-0.3, -0.25) is 0 Å². The summed E-state index contributed by atoms with van der Waals surface area (Å²) in [6.07, 6.45) is 5.37. The fourth-order valence-corrected chi connectivity index (χ4v) is 3.83. The molecule has 0 atom stereocenters. The molecule has 0 aromatic heterocycles. The first-order chi connectivity index (χ1) is 12.4. The van der Waals surface area contributed by atoms with E-state index in [1.54, 1.807) is 6.07 Å². The highest BCUT2D eigenvalue weighted by Gasteiger charge is 2.10. The van der Waals surface area contributed by atoms with Crippen LogP contribution >= 0.6 is 0 Å². The lowest BCUT2D eigenvalue weighted by Gasteiger charge is -2.15. The molecule has 0 unspecified atom stereocenters. The fourth-order valence-electron chi connectivity index (χ4n) is 2.87. The van der Waals surface area contributed by atoms with Gasteiger partial charge in [-0.2, -0.15) is 0 Å². The van der Waals surface area contributed by atoms with E-state index in [4.69, 9.17) is 4.74 Å². The van der Waals surface area contributed by atoms with Gasteiger partial charge in [-0.15, -0.1) is 0 Å². The van der Waals surface area contributed by atoms with E-state index in [0.29, 0.717) is 18.0 Å². The standard InChI is InChI=1S/C19H29N3O3S/c1-4-20-19(21-10-7-16-8-11-25-12-9-16)22-14-17-5-6-18(15(2)13-17)26(3,23)24/h5-6,8,13H,4,7,9-12,14H2,1-3H3,(H2,20,21,22). The van der Waals surface area contributed by atoms with Crippen LogP contribution in [0.4, 0.5) is 0 Å². The van der Waals surface area contributed by atoms with Crippen LogP contribution in [0.2, 0.25) is 0 Å². The number of sulfone groups is 1. The van der Waals surface area contributed by atoms with Gasteiger partial charge in [0.15, 0.2) is 15.8 Å². The zero-order valence-electron chi connectivity index (χ0n) is 15.8. The third-order valence-electron chi connectivity index (χ3n) is 4.20. The van der Waals surface area contributed by atoms with E-state index in [2.05, 4.69) is 21.7 Å². The topological polar surface area (TPSA) is 79.8 Å². The highest BCUT2D eigenvalue weighted by molar-refractivity contribution is 7.90. The van der Waals surface area contributed by atoms with Crippen molar-refractivity contribution in [3.05, 3.63) is 41.0 Å². The molecule has 1 aliphatic heterocycles. The maximum absolute atomic E-state index is 11.7. The average Bonchev–Trinajstić information content (AvgIpc) is 2.59. The monoisotopic (exact) mass is 379 g/mol. The summed E-state index contributed by atoms with van der Waals surface area (Å²) >= 11 is 0. The van der Waals surface area contributed by atoms with Crippen LogP contribution in [0, 0.1) is 6.92 Å². The van der Waals surface area contributed by atoms with Gasteiger partial charge in [-0.05, 0) is 43.9 Å². The van der Waals surface area contributed by atoms with E-state index in [1.807, 2.05) is 26.0 Å². The molecule has 0 bridgehead atoms. The number of aliphatic imine (C=N–C) groups is 1. The van der Waals surface area contributed by atoms with Crippen LogP contribution in [0.1, 0.15) is 30.9 Å². The summed E-state index contributed by atoms with van der Waals surface area (Å²) in [5.74, 6) is 0.769. The van der Waals surface area contributed by atoms with E-state index in [0.717, 1.165) is 49.6 Å². The van der Waals surface area contributed by atoms with E-state index in [-0.39, 0.29) is 0 Å². The van der Waals surface area contributed by atoms with Crippen LogP contribution in [-0.2, 0) is 21.1 Å². The zero-order chi connectivity index (χ0) is 19.0. The molecule has 1 aromatic rings. The number of hydrogen-bond donors (Lipinski definition) is 2. The van der Waals surface area contributed by atoms with Gasteiger partial charge in [-0.25, -0.2) is 13.4 Å². The van der Waals surface area contributed by atoms with E-state index >= 15 is 0 Å². The number of nitrogens with one attached hydrogen (secondary N) is 2. The number of hydrogen-bond acceptors (Lipinski definition) is 4. The van der Waals surface area contributed by atoms with Gasteiger partial charge in [0.25, 0.3) is 0 Å². The number of benzene rings is 1. The summed E-state index contributed by atoms with van der Waals surface area (Å²) < 4.78 is 28.7. The van der Waals surface area contributed by atoms with Gasteiger partial charge < -0.3 is 15.4 Å². The highest BCUT2D eigenvalue weighted by Crippen LogP contribution is 2.17. The predicted octanol–water partition coefficient (Wildman–Crippen LogP) is 2.19. The fraction of sp³-hybridized carbons (Fsp3) is 0.526. The number of guanidine groups is 1. The molecule has 0 saturated heterocycles. The molecule has 6 nitrogen and oxygen atoms in total. The smallest absolute Gasteiger partial charge is 0.191 e. The van der Waals surface area contributed by atoms with Crippen molar-refractivity contribution in [2.24, 2.45) is 4.99 Å². The summed E-state index contributed by atoms with van der Waals surface area (Å²) in [7, 11) is -3.19. The van der Waals surface area contributed by atoms with Crippen LogP contribution < -0.4 is 10.6 Å². The Morgan fingerprint density at radius 3 is 2.73 bits per heavy atom. The molecule has 0 radical (unpaired) electrons. The molecular weight excluding hydrogens is 350 g/mol.